The number of hydrogen-bond acceptors (Lipinski definition) is 7. The lowest BCUT2D eigenvalue weighted by molar-refractivity contribution is 0.0807. The average molecular weight is 475 g/mol. The number of ether oxygens (including phenoxy) is 2. The summed E-state index contributed by atoms with van der Waals surface area (Å²) in [4.78, 5) is 22.5. The van der Waals surface area contributed by atoms with Crippen LogP contribution in [-0.4, -0.2) is 43.5 Å². The smallest absolute Gasteiger partial charge is 0.267 e. The normalized spacial score (nSPS) is 16.0. The molecule has 1 aliphatic heterocycles. The molecule has 0 radical (unpaired) electrons. The van der Waals surface area contributed by atoms with Crippen LogP contribution in [0.1, 0.15) is 6.92 Å². The van der Waals surface area contributed by atoms with Crippen LogP contribution in [-0.2, 0) is 0 Å². The van der Waals surface area contributed by atoms with E-state index in [1.54, 1.807) is 29.0 Å². The fourth-order valence-electron chi connectivity index (χ4n) is 4.08. The first-order chi connectivity index (χ1) is 16.6. The van der Waals surface area contributed by atoms with Crippen molar-refractivity contribution < 1.29 is 9.47 Å². The van der Waals surface area contributed by atoms with Crippen molar-refractivity contribution in [1.82, 2.24) is 24.7 Å². The van der Waals surface area contributed by atoms with Gasteiger partial charge >= 0.3 is 0 Å². The van der Waals surface area contributed by atoms with E-state index in [4.69, 9.17) is 26.1 Å². The van der Waals surface area contributed by atoms with E-state index in [0.29, 0.717) is 56.7 Å². The summed E-state index contributed by atoms with van der Waals surface area (Å²) in [7, 11) is 0. The molecule has 170 valence electrons. The Kier molecular flexibility index (Phi) is 4.84. The number of benzene rings is 2. The molecule has 0 spiro atoms. The number of rotatable bonds is 4. The predicted octanol–water partition coefficient (Wildman–Crippen LogP) is 3.95. The maximum Gasteiger partial charge on any atom is 0.267 e. The first kappa shape index (κ1) is 20.5. The van der Waals surface area contributed by atoms with Crippen molar-refractivity contribution in [3.05, 3.63) is 76.3 Å². The lowest BCUT2D eigenvalue weighted by Gasteiger charge is -2.31. The summed E-state index contributed by atoms with van der Waals surface area (Å²) in [5.74, 6) is 1.62. The molecule has 0 saturated carbocycles. The van der Waals surface area contributed by atoms with Crippen LogP contribution in [0, 0.1) is 0 Å². The second kappa shape index (κ2) is 8.03. The number of pyridine rings is 1. The van der Waals surface area contributed by atoms with E-state index in [1.165, 1.54) is 6.20 Å². The number of hydrogen-bond donors (Lipinski definition) is 2. The van der Waals surface area contributed by atoms with Gasteiger partial charge in [0.1, 0.15) is 6.61 Å². The molecule has 4 heterocycles. The van der Waals surface area contributed by atoms with Gasteiger partial charge in [-0.15, -0.1) is 0 Å². The number of fused-ring (bicyclic) bond motifs is 4. The zero-order chi connectivity index (χ0) is 23.2. The number of aromatic nitrogens is 5. The molecule has 2 aromatic carbocycles. The fraction of sp³-hybridized carbons (Fsp3) is 0.167. The quantitative estimate of drug-likeness (QED) is 0.406. The van der Waals surface area contributed by atoms with Gasteiger partial charge in [-0.05, 0) is 31.2 Å². The van der Waals surface area contributed by atoms with Crippen molar-refractivity contribution in [3.8, 4) is 17.2 Å². The van der Waals surface area contributed by atoms with Crippen molar-refractivity contribution in [2.75, 3.05) is 11.9 Å². The fourth-order valence-corrected chi connectivity index (χ4v) is 4.24. The standard InChI is InChI=1S/C24H19ClN6O3/c1-13(20-12-33-19-9-14(25)7-8-18(19)34-20)28-24-26-10-16-21-17(11-27-30-21)23(32)31(22(16)29-24)15-5-3-2-4-6-15/h2-11,13,20H,12H2,1H3,(H,27,30)(H,26,28,29)/t13?,20-/m1/s1. The average Bonchev–Trinajstić information content (AvgIpc) is 3.35. The molecule has 0 aliphatic carbocycles. The summed E-state index contributed by atoms with van der Waals surface area (Å²) < 4.78 is 13.5. The molecule has 0 bridgehead atoms. The molecule has 0 fully saturated rings. The third-order valence-electron chi connectivity index (χ3n) is 5.84. The Labute approximate surface area is 198 Å². The first-order valence-corrected chi connectivity index (χ1v) is 11.1. The van der Waals surface area contributed by atoms with Crippen LogP contribution in [0.5, 0.6) is 11.5 Å². The van der Waals surface area contributed by atoms with Gasteiger partial charge in [0.25, 0.3) is 5.56 Å². The summed E-state index contributed by atoms with van der Waals surface area (Å²) in [6.07, 6.45) is 2.93. The second-order valence-corrected chi connectivity index (χ2v) is 8.49. The highest BCUT2D eigenvalue weighted by Gasteiger charge is 2.27. The molecular weight excluding hydrogens is 456 g/mol. The third kappa shape index (κ3) is 3.41. The minimum Gasteiger partial charge on any atom is -0.486 e. The van der Waals surface area contributed by atoms with Crippen LogP contribution in [0.15, 0.2) is 65.7 Å². The van der Waals surface area contributed by atoms with Gasteiger partial charge in [0.15, 0.2) is 23.3 Å². The molecule has 0 saturated heterocycles. The van der Waals surface area contributed by atoms with Gasteiger partial charge in [-0.25, -0.2) is 4.98 Å². The SMILES string of the molecule is CC(Nc1ncc2c3[nH]ncc3c(=O)n(-c3ccccc3)c2n1)[C@H]1COc2cc(Cl)ccc2O1. The molecule has 2 N–H and O–H groups in total. The minimum absolute atomic E-state index is 0.186. The van der Waals surface area contributed by atoms with E-state index in [9.17, 15) is 4.79 Å². The predicted molar refractivity (Wildman–Crippen MR) is 129 cm³/mol. The maximum absolute atomic E-state index is 13.3. The van der Waals surface area contributed by atoms with E-state index in [2.05, 4.69) is 20.5 Å². The van der Waals surface area contributed by atoms with E-state index < -0.39 is 0 Å². The number of aromatic amines is 1. The molecule has 34 heavy (non-hydrogen) atoms. The molecule has 9 nitrogen and oxygen atoms in total. The monoisotopic (exact) mass is 474 g/mol. The van der Waals surface area contributed by atoms with Crippen molar-refractivity contribution in [2.45, 2.75) is 19.1 Å². The van der Waals surface area contributed by atoms with Crippen LogP contribution < -0.4 is 20.3 Å². The molecule has 2 atom stereocenters. The maximum atomic E-state index is 13.3. The van der Waals surface area contributed by atoms with Crippen molar-refractivity contribution in [1.29, 1.82) is 0 Å². The van der Waals surface area contributed by atoms with Gasteiger partial charge in [0.05, 0.1) is 34.2 Å². The lowest BCUT2D eigenvalue weighted by atomic mass is 10.1. The Bertz CT molecular complexity index is 1580. The van der Waals surface area contributed by atoms with Crippen LogP contribution >= 0.6 is 11.6 Å². The Morgan fingerprint density at radius 2 is 2.00 bits per heavy atom. The summed E-state index contributed by atoms with van der Waals surface area (Å²) in [6, 6.07) is 14.5. The summed E-state index contributed by atoms with van der Waals surface area (Å²) in [6.45, 7) is 2.31. The number of H-pyrrole nitrogens is 1. The zero-order valence-electron chi connectivity index (χ0n) is 18.0. The highest BCUT2D eigenvalue weighted by molar-refractivity contribution is 6.30. The minimum atomic E-state index is -0.278. The van der Waals surface area contributed by atoms with Gasteiger partial charge in [-0.2, -0.15) is 10.1 Å². The van der Waals surface area contributed by atoms with Crippen LogP contribution in [0.4, 0.5) is 5.95 Å². The molecule has 5 aromatic rings. The second-order valence-electron chi connectivity index (χ2n) is 8.06. The Balaban J connectivity index is 1.38. The van der Waals surface area contributed by atoms with E-state index >= 15 is 0 Å². The van der Waals surface area contributed by atoms with E-state index in [0.717, 1.165) is 0 Å². The van der Waals surface area contributed by atoms with E-state index in [1.807, 2.05) is 37.3 Å². The zero-order valence-corrected chi connectivity index (χ0v) is 18.8. The lowest BCUT2D eigenvalue weighted by Crippen LogP contribution is -2.42. The van der Waals surface area contributed by atoms with Crippen LogP contribution in [0.2, 0.25) is 5.02 Å². The molecule has 10 heteroatoms. The summed E-state index contributed by atoms with van der Waals surface area (Å²) in [5.41, 5.74) is 1.57. The Hall–Kier alpha value is -4.11. The molecular formula is C24H19ClN6O3. The number of nitrogens with zero attached hydrogens (tertiary/aromatic N) is 4. The number of anilines is 1. The van der Waals surface area contributed by atoms with Gasteiger partial charge in [0, 0.05) is 17.3 Å². The highest BCUT2D eigenvalue weighted by Crippen LogP contribution is 2.35. The molecule has 3 aromatic heterocycles. The van der Waals surface area contributed by atoms with Crippen molar-refractivity contribution in [3.63, 3.8) is 0 Å². The van der Waals surface area contributed by atoms with Gasteiger partial charge < -0.3 is 14.8 Å². The number of halogens is 1. The first-order valence-electron chi connectivity index (χ1n) is 10.7. The van der Waals surface area contributed by atoms with Crippen LogP contribution in [0.3, 0.4) is 0 Å². The van der Waals surface area contributed by atoms with Crippen molar-refractivity contribution in [2.24, 2.45) is 0 Å². The Morgan fingerprint density at radius 3 is 2.85 bits per heavy atom. The summed E-state index contributed by atoms with van der Waals surface area (Å²) >= 11 is 6.03. The molecule has 6 rings (SSSR count). The number of nitrogens with one attached hydrogen (secondary N) is 2. The van der Waals surface area contributed by atoms with Gasteiger partial charge in [-0.1, -0.05) is 29.8 Å². The van der Waals surface area contributed by atoms with E-state index in [-0.39, 0.29) is 17.7 Å². The van der Waals surface area contributed by atoms with Crippen molar-refractivity contribution >= 4 is 39.5 Å². The molecule has 1 aliphatic rings. The number of para-hydroxylation sites is 1. The third-order valence-corrected chi connectivity index (χ3v) is 6.07. The van der Waals surface area contributed by atoms with Crippen LogP contribution in [0.25, 0.3) is 27.6 Å². The van der Waals surface area contributed by atoms with Gasteiger partial charge in [0.2, 0.25) is 5.95 Å². The summed E-state index contributed by atoms with van der Waals surface area (Å²) in [5, 5.41) is 12.0. The largest absolute Gasteiger partial charge is 0.486 e. The van der Waals surface area contributed by atoms with Gasteiger partial charge in [-0.3, -0.25) is 14.5 Å². The highest BCUT2D eigenvalue weighted by atomic mass is 35.5. The molecule has 0 amide bonds. The topological polar surface area (TPSA) is 107 Å². The Morgan fingerprint density at radius 1 is 1.15 bits per heavy atom. The molecule has 1 unspecified atom stereocenters.